The molecule has 1 aromatic carbocycles. The summed E-state index contributed by atoms with van der Waals surface area (Å²) in [5.41, 5.74) is 1.24. The maximum Gasteiger partial charge on any atom is 0.269 e. The number of nitrogens with zero attached hydrogens (tertiary/aromatic N) is 2. The van der Waals surface area contributed by atoms with Gasteiger partial charge in [-0.3, -0.25) is 10.1 Å². The molecule has 0 unspecified atom stereocenters. The van der Waals surface area contributed by atoms with Crippen LogP contribution in [0, 0.1) is 10.1 Å². The van der Waals surface area contributed by atoms with Crippen molar-refractivity contribution in [3.05, 3.63) is 34.4 Å². The Balaban J connectivity index is 2.07. The smallest absolute Gasteiger partial charge is 0.269 e. The van der Waals surface area contributed by atoms with Crippen molar-refractivity contribution < 1.29 is 9.82 Å². The zero-order valence-corrected chi connectivity index (χ0v) is 9.35. The van der Waals surface area contributed by atoms with Crippen molar-refractivity contribution in [3.8, 4) is 0 Å². The normalized spacial score (nSPS) is 17.4. The molecule has 5 nitrogen and oxygen atoms in total. The minimum absolute atomic E-state index is 0.156. The van der Waals surface area contributed by atoms with Crippen LogP contribution < -0.4 is 9.80 Å². The van der Waals surface area contributed by atoms with Gasteiger partial charge in [-0.1, -0.05) is 0 Å². The highest BCUT2D eigenvalue weighted by Gasteiger charge is 2.17. The molecule has 0 saturated carbocycles. The van der Waals surface area contributed by atoms with Gasteiger partial charge in [-0.15, -0.1) is 0 Å². The van der Waals surface area contributed by atoms with E-state index in [0.717, 1.165) is 31.9 Å². The predicted molar refractivity (Wildman–Crippen MR) is 61.9 cm³/mol. The van der Waals surface area contributed by atoms with Gasteiger partial charge in [0.1, 0.15) is 0 Å². The number of hydrogen-bond donors (Lipinski definition) is 1. The van der Waals surface area contributed by atoms with Gasteiger partial charge in [0.2, 0.25) is 0 Å². The van der Waals surface area contributed by atoms with Gasteiger partial charge in [-0.05, 0) is 12.1 Å². The van der Waals surface area contributed by atoms with Gasteiger partial charge in [0.25, 0.3) is 5.69 Å². The third kappa shape index (κ3) is 2.30. The summed E-state index contributed by atoms with van der Waals surface area (Å²) < 4.78 is 0. The molecule has 0 amide bonds. The molecule has 1 fully saturated rings. The van der Waals surface area contributed by atoms with E-state index in [2.05, 4.69) is 11.9 Å². The summed E-state index contributed by atoms with van der Waals surface area (Å²) in [5.74, 6) is 0. The molecule has 0 spiro atoms. The number of non-ortho nitro benzene ring substituents is 1. The number of nitro benzene ring substituents is 1. The summed E-state index contributed by atoms with van der Waals surface area (Å²) in [7, 11) is 2.19. The van der Waals surface area contributed by atoms with Gasteiger partial charge >= 0.3 is 0 Å². The van der Waals surface area contributed by atoms with E-state index in [1.807, 2.05) is 12.1 Å². The van der Waals surface area contributed by atoms with Gasteiger partial charge < -0.3 is 9.80 Å². The van der Waals surface area contributed by atoms with Gasteiger partial charge in [0.05, 0.1) is 38.2 Å². The van der Waals surface area contributed by atoms with Crippen LogP contribution in [-0.4, -0.2) is 38.2 Å². The Bertz CT molecular complexity index is 369. The Hall–Kier alpha value is -1.62. The molecule has 0 aromatic heterocycles. The first kappa shape index (κ1) is 10.9. The van der Waals surface area contributed by atoms with E-state index in [1.165, 1.54) is 4.90 Å². The van der Waals surface area contributed by atoms with Crippen molar-refractivity contribution >= 4 is 11.4 Å². The largest absolute Gasteiger partial charge is 0.360 e. The minimum atomic E-state index is -0.363. The lowest BCUT2D eigenvalue weighted by Crippen LogP contribution is -3.12. The molecule has 86 valence electrons. The number of quaternary nitrogens is 1. The van der Waals surface area contributed by atoms with Gasteiger partial charge in [0, 0.05) is 17.8 Å². The first-order valence-corrected chi connectivity index (χ1v) is 5.47. The van der Waals surface area contributed by atoms with Crippen LogP contribution in [0.5, 0.6) is 0 Å². The van der Waals surface area contributed by atoms with Crippen molar-refractivity contribution in [1.29, 1.82) is 0 Å². The van der Waals surface area contributed by atoms with Crippen LogP contribution in [0.3, 0.4) is 0 Å². The fraction of sp³-hybridized carbons (Fsp3) is 0.455. The molecule has 0 radical (unpaired) electrons. The van der Waals surface area contributed by atoms with Gasteiger partial charge in [-0.2, -0.15) is 0 Å². The maximum atomic E-state index is 10.5. The zero-order chi connectivity index (χ0) is 11.5. The highest BCUT2D eigenvalue weighted by atomic mass is 16.6. The predicted octanol–water partition coefficient (Wildman–Crippen LogP) is -0.0705. The van der Waals surface area contributed by atoms with Crippen LogP contribution in [0.4, 0.5) is 11.4 Å². The zero-order valence-electron chi connectivity index (χ0n) is 9.35. The summed E-state index contributed by atoms with van der Waals surface area (Å²) in [6.45, 7) is 4.28. The van der Waals surface area contributed by atoms with Gasteiger partial charge in [0.15, 0.2) is 0 Å². The molecule has 0 bridgehead atoms. The Morgan fingerprint density at radius 3 is 2.31 bits per heavy atom. The van der Waals surface area contributed by atoms with Crippen molar-refractivity contribution in [2.24, 2.45) is 0 Å². The Morgan fingerprint density at radius 1 is 1.25 bits per heavy atom. The van der Waals surface area contributed by atoms with E-state index in [-0.39, 0.29) is 10.6 Å². The summed E-state index contributed by atoms with van der Waals surface area (Å²) in [6.07, 6.45) is 0. The Labute approximate surface area is 94.4 Å². The van der Waals surface area contributed by atoms with Crippen molar-refractivity contribution in [2.45, 2.75) is 0 Å². The number of rotatable bonds is 2. The second kappa shape index (κ2) is 4.49. The van der Waals surface area contributed by atoms with Crippen LogP contribution in [0.25, 0.3) is 0 Å². The van der Waals surface area contributed by atoms with Crippen LogP contribution in [-0.2, 0) is 0 Å². The standard InChI is InChI=1S/C11H15N3O2/c1-12-6-8-13(9-7-12)10-2-4-11(5-3-10)14(15)16/h2-5H,6-9H2,1H3/p+1. The number of nitrogens with one attached hydrogen (secondary N) is 1. The number of likely N-dealkylation sites (N-methyl/N-ethyl adjacent to an activating group) is 1. The highest BCUT2D eigenvalue weighted by Crippen LogP contribution is 2.18. The fourth-order valence-electron chi connectivity index (χ4n) is 1.93. The van der Waals surface area contributed by atoms with Crippen LogP contribution >= 0.6 is 0 Å². The molecular formula is C11H16N3O2+. The topological polar surface area (TPSA) is 50.8 Å². The third-order valence-electron chi connectivity index (χ3n) is 3.04. The molecule has 1 N–H and O–H groups in total. The first-order valence-electron chi connectivity index (χ1n) is 5.47. The second-order valence-electron chi connectivity index (χ2n) is 4.22. The van der Waals surface area contributed by atoms with Crippen LogP contribution in [0.1, 0.15) is 0 Å². The number of anilines is 1. The molecule has 0 aliphatic carbocycles. The number of benzene rings is 1. The highest BCUT2D eigenvalue weighted by molar-refractivity contribution is 5.50. The first-order chi connectivity index (χ1) is 7.66. The van der Waals surface area contributed by atoms with Crippen molar-refractivity contribution in [3.63, 3.8) is 0 Å². The van der Waals surface area contributed by atoms with Gasteiger partial charge in [-0.25, -0.2) is 0 Å². The lowest BCUT2D eigenvalue weighted by molar-refractivity contribution is -0.880. The van der Waals surface area contributed by atoms with E-state index in [1.54, 1.807) is 12.1 Å². The van der Waals surface area contributed by atoms with E-state index in [0.29, 0.717) is 0 Å². The summed E-state index contributed by atoms with van der Waals surface area (Å²) >= 11 is 0. The summed E-state index contributed by atoms with van der Waals surface area (Å²) in [4.78, 5) is 14.0. The maximum absolute atomic E-state index is 10.5. The lowest BCUT2D eigenvalue weighted by Gasteiger charge is -2.31. The van der Waals surface area contributed by atoms with E-state index >= 15 is 0 Å². The Morgan fingerprint density at radius 2 is 1.81 bits per heavy atom. The molecule has 16 heavy (non-hydrogen) atoms. The lowest BCUT2D eigenvalue weighted by atomic mass is 10.2. The van der Waals surface area contributed by atoms with E-state index < -0.39 is 0 Å². The molecule has 1 heterocycles. The third-order valence-corrected chi connectivity index (χ3v) is 3.04. The molecule has 1 aliphatic heterocycles. The summed E-state index contributed by atoms with van der Waals surface area (Å²) in [5, 5.41) is 10.5. The monoisotopic (exact) mass is 222 g/mol. The van der Waals surface area contributed by atoms with Crippen LogP contribution in [0.15, 0.2) is 24.3 Å². The summed E-state index contributed by atoms with van der Waals surface area (Å²) in [6, 6.07) is 6.80. The fourth-order valence-corrected chi connectivity index (χ4v) is 1.93. The van der Waals surface area contributed by atoms with Crippen LogP contribution in [0.2, 0.25) is 0 Å². The second-order valence-corrected chi connectivity index (χ2v) is 4.22. The molecule has 1 aromatic rings. The molecule has 5 heteroatoms. The average molecular weight is 222 g/mol. The molecule has 0 atom stereocenters. The molecule has 2 rings (SSSR count). The van der Waals surface area contributed by atoms with E-state index in [4.69, 9.17) is 0 Å². The Kier molecular flexibility index (Phi) is 3.05. The molecule has 1 aliphatic rings. The number of piperazine rings is 1. The molecular weight excluding hydrogens is 206 g/mol. The van der Waals surface area contributed by atoms with E-state index in [9.17, 15) is 10.1 Å². The number of hydrogen-bond acceptors (Lipinski definition) is 3. The van der Waals surface area contributed by atoms with Crippen molar-refractivity contribution in [1.82, 2.24) is 0 Å². The average Bonchev–Trinajstić information content (AvgIpc) is 2.30. The van der Waals surface area contributed by atoms with Crippen molar-refractivity contribution in [2.75, 3.05) is 38.1 Å². The molecule has 1 saturated heterocycles. The number of nitro groups is 1. The SMILES string of the molecule is C[NH+]1CCN(c2ccc([N+](=O)[O-])cc2)CC1. The minimum Gasteiger partial charge on any atom is -0.360 e. The quantitative estimate of drug-likeness (QED) is 0.563.